The highest BCUT2D eigenvalue weighted by molar-refractivity contribution is 7.08. The lowest BCUT2D eigenvalue weighted by Gasteiger charge is -2.56. The molecule has 1 aromatic heterocycles. The molecule has 5 rings (SSSR count). The predicted octanol–water partition coefficient (Wildman–Crippen LogP) is 3.45. The maximum Gasteiger partial charge on any atom is 0.252 e. The Morgan fingerprint density at radius 1 is 1.17 bits per heavy atom. The van der Waals surface area contributed by atoms with Crippen LogP contribution in [0.5, 0.6) is 0 Å². The average molecular weight is 261 g/mol. The Morgan fingerprint density at radius 3 is 2.28 bits per heavy atom. The summed E-state index contributed by atoms with van der Waals surface area (Å²) < 4.78 is 0. The van der Waals surface area contributed by atoms with Crippen LogP contribution in [0.3, 0.4) is 0 Å². The van der Waals surface area contributed by atoms with E-state index in [9.17, 15) is 4.79 Å². The fourth-order valence-electron chi connectivity index (χ4n) is 4.97. The molecule has 0 atom stereocenters. The molecule has 0 unspecified atom stereocenters. The minimum atomic E-state index is 0.147. The highest BCUT2D eigenvalue weighted by atomic mass is 32.1. The molecule has 2 nitrogen and oxygen atoms in total. The molecule has 1 aromatic rings. The molecule has 0 radical (unpaired) electrons. The Hall–Kier alpha value is -0.830. The molecular weight excluding hydrogens is 242 g/mol. The number of hydrogen-bond donors (Lipinski definition) is 1. The molecule has 1 amide bonds. The van der Waals surface area contributed by atoms with E-state index >= 15 is 0 Å². The fraction of sp³-hybridized carbons (Fsp3) is 0.667. The minimum Gasteiger partial charge on any atom is -0.347 e. The second-order valence-electron chi connectivity index (χ2n) is 6.66. The van der Waals surface area contributed by atoms with Gasteiger partial charge in [-0.25, -0.2) is 0 Å². The normalized spacial score (nSPS) is 41.0. The molecule has 0 aliphatic heterocycles. The standard InChI is InChI=1S/C15H19NOS/c17-14(13-1-2-18-9-13)16-15-6-10-3-11(7-15)5-12(4-10)8-15/h1-2,9-12H,3-8H2,(H,16,17). The first-order chi connectivity index (χ1) is 8.72. The molecule has 0 aromatic carbocycles. The molecule has 0 spiro atoms. The second-order valence-corrected chi connectivity index (χ2v) is 7.44. The molecule has 0 saturated heterocycles. The van der Waals surface area contributed by atoms with Gasteiger partial charge in [-0.1, -0.05) is 0 Å². The average Bonchev–Trinajstić information content (AvgIpc) is 2.79. The van der Waals surface area contributed by atoms with E-state index in [2.05, 4.69) is 5.32 Å². The number of hydrogen-bond acceptors (Lipinski definition) is 2. The van der Waals surface area contributed by atoms with Gasteiger partial charge in [-0.05, 0) is 67.7 Å². The molecule has 4 fully saturated rings. The highest BCUT2D eigenvalue weighted by Gasteiger charge is 2.51. The Balaban J connectivity index is 1.56. The van der Waals surface area contributed by atoms with E-state index in [0.29, 0.717) is 0 Å². The lowest BCUT2D eigenvalue weighted by molar-refractivity contribution is -0.0166. The molecular formula is C15H19NOS. The van der Waals surface area contributed by atoms with Gasteiger partial charge in [0.1, 0.15) is 0 Å². The largest absolute Gasteiger partial charge is 0.347 e. The van der Waals surface area contributed by atoms with Gasteiger partial charge >= 0.3 is 0 Å². The van der Waals surface area contributed by atoms with Crippen molar-refractivity contribution >= 4 is 17.2 Å². The zero-order chi connectivity index (χ0) is 12.2. The molecule has 4 bridgehead atoms. The van der Waals surface area contributed by atoms with Crippen LogP contribution in [0.2, 0.25) is 0 Å². The third kappa shape index (κ3) is 1.71. The van der Waals surface area contributed by atoms with Gasteiger partial charge in [-0.15, -0.1) is 0 Å². The number of rotatable bonds is 2. The summed E-state index contributed by atoms with van der Waals surface area (Å²) in [6.45, 7) is 0. The number of nitrogens with one attached hydrogen (secondary N) is 1. The molecule has 4 aliphatic rings. The topological polar surface area (TPSA) is 29.1 Å². The van der Waals surface area contributed by atoms with Crippen molar-refractivity contribution in [1.82, 2.24) is 5.32 Å². The number of carbonyl (C=O) groups excluding carboxylic acids is 1. The van der Waals surface area contributed by atoms with Crippen LogP contribution in [0.25, 0.3) is 0 Å². The first-order valence-electron chi connectivity index (χ1n) is 7.07. The predicted molar refractivity (Wildman–Crippen MR) is 72.7 cm³/mol. The summed E-state index contributed by atoms with van der Waals surface area (Å²) in [6, 6.07) is 1.93. The van der Waals surface area contributed by atoms with Gasteiger partial charge in [0, 0.05) is 10.9 Å². The van der Waals surface area contributed by atoms with Crippen molar-refractivity contribution in [2.45, 2.75) is 44.1 Å². The first-order valence-corrected chi connectivity index (χ1v) is 8.01. The SMILES string of the molecule is O=C(NC12CC3CC(CC(C3)C1)C2)c1ccsc1. The molecule has 1 heterocycles. The van der Waals surface area contributed by atoms with E-state index in [4.69, 9.17) is 0 Å². The van der Waals surface area contributed by atoms with Crippen molar-refractivity contribution in [2.75, 3.05) is 0 Å². The monoisotopic (exact) mass is 261 g/mol. The third-order valence-corrected chi connectivity index (χ3v) is 5.88. The van der Waals surface area contributed by atoms with E-state index < -0.39 is 0 Å². The van der Waals surface area contributed by atoms with Gasteiger partial charge in [-0.2, -0.15) is 11.3 Å². The fourth-order valence-corrected chi connectivity index (χ4v) is 5.61. The van der Waals surface area contributed by atoms with Crippen LogP contribution in [0.15, 0.2) is 16.8 Å². The summed E-state index contributed by atoms with van der Waals surface area (Å²) in [5.74, 6) is 2.82. The van der Waals surface area contributed by atoms with E-state index in [1.165, 1.54) is 38.5 Å². The Labute approximate surface area is 112 Å². The van der Waals surface area contributed by atoms with Crippen LogP contribution < -0.4 is 5.32 Å². The van der Waals surface area contributed by atoms with Crippen LogP contribution in [0, 0.1) is 17.8 Å². The van der Waals surface area contributed by atoms with Gasteiger partial charge in [0.2, 0.25) is 0 Å². The smallest absolute Gasteiger partial charge is 0.252 e. The van der Waals surface area contributed by atoms with Crippen LogP contribution in [-0.4, -0.2) is 11.4 Å². The van der Waals surface area contributed by atoms with E-state index in [1.54, 1.807) is 11.3 Å². The number of thiophene rings is 1. The summed E-state index contributed by atoms with van der Waals surface area (Å²) >= 11 is 1.60. The van der Waals surface area contributed by atoms with Gasteiger partial charge in [-0.3, -0.25) is 4.79 Å². The van der Waals surface area contributed by atoms with Crippen molar-refractivity contribution in [3.8, 4) is 0 Å². The molecule has 96 valence electrons. The summed E-state index contributed by atoms with van der Waals surface area (Å²) in [7, 11) is 0. The van der Waals surface area contributed by atoms with Crippen molar-refractivity contribution in [1.29, 1.82) is 0 Å². The van der Waals surface area contributed by atoms with Crippen LogP contribution in [0.4, 0.5) is 0 Å². The molecule has 4 aliphatic carbocycles. The van der Waals surface area contributed by atoms with Crippen LogP contribution >= 0.6 is 11.3 Å². The van der Waals surface area contributed by atoms with Crippen LogP contribution in [-0.2, 0) is 0 Å². The Bertz CT molecular complexity index is 430. The van der Waals surface area contributed by atoms with Crippen molar-refractivity contribution in [3.05, 3.63) is 22.4 Å². The Morgan fingerprint density at radius 2 is 1.78 bits per heavy atom. The lowest BCUT2D eigenvalue weighted by Crippen LogP contribution is -2.59. The highest BCUT2D eigenvalue weighted by Crippen LogP contribution is 2.55. The molecule has 1 N–H and O–H groups in total. The van der Waals surface area contributed by atoms with Gasteiger partial charge in [0.15, 0.2) is 0 Å². The summed E-state index contributed by atoms with van der Waals surface area (Å²) in [5.41, 5.74) is 0.990. The zero-order valence-corrected chi connectivity index (χ0v) is 11.3. The van der Waals surface area contributed by atoms with Crippen LogP contribution in [0.1, 0.15) is 48.9 Å². The van der Waals surface area contributed by atoms with Crippen molar-refractivity contribution in [3.63, 3.8) is 0 Å². The third-order valence-electron chi connectivity index (χ3n) is 5.20. The Kier molecular flexibility index (Phi) is 2.35. The quantitative estimate of drug-likeness (QED) is 0.868. The van der Waals surface area contributed by atoms with Gasteiger partial charge < -0.3 is 5.32 Å². The zero-order valence-electron chi connectivity index (χ0n) is 10.5. The molecule has 3 heteroatoms. The van der Waals surface area contributed by atoms with Gasteiger partial charge in [0.25, 0.3) is 5.91 Å². The minimum absolute atomic E-state index is 0.147. The first kappa shape index (κ1) is 11.0. The number of carbonyl (C=O) groups is 1. The number of amides is 1. The lowest BCUT2D eigenvalue weighted by atomic mass is 9.53. The second kappa shape index (κ2) is 3.83. The van der Waals surface area contributed by atoms with Crippen molar-refractivity contribution < 1.29 is 4.79 Å². The van der Waals surface area contributed by atoms with E-state index in [0.717, 1.165) is 23.3 Å². The van der Waals surface area contributed by atoms with E-state index in [-0.39, 0.29) is 11.4 Å². The van der Waals surface area contributed by atoms with Crippen molar-refractivity contribution in [2.24, 2.45) is 17.8 Å². The molecule has 4 saturated carbocycles. The maximum absolute atomic E-state index is 12.3. The van der Waals surface area contributed by atoms with Gasteiger partial charge in [0.05, 0.1) is 5.56 Å². The summed E-state index contributed by atoms with van der Waals surface area (Å²) in [5, 5.41) is 7.33. The summed E-state index contributed by atoms with van der Waals surface area (Å²) in [6.07, 6.45) is 7.97. The molecule has 18 heavy (non-hydrogen) atoms. The van der Waals surface area contributed by atoms with E-state index in [1.807, 2.05) is 16.8 Å². The maximum atomic E-state index is 12.3. The summed E-state index contributed by atoms with van der Waals surface area (Å²) in [4.78, 5) is 12.3.